The van der Waals surface area contributed by atoms with E-state index in [1.807, 2.05) is 0 Å². The number of rotatable bonds is 2. The van der Waals surface area contributed by atoms with Gasteiger partial charge in [-0.15, -0.1) is 16.7 Å². The summed E-state index contributed by atoms with van der Waals surface area (Å²) >= 11 is 5.65. The van der Waals surface area contributed by atoms with Crippen LogP contribution in [0.1, 0.15) is 19.2 Å². The number of hydrogen-bond donors (Lipinski definition) is 0. The summed E-state index contributed by atoms with van der Waals surface area (Å²) in [5.74, 6) is 0.760. The highest BCUT2D eigenvalue weighted by Gasteiger charge is 2.23. The highest BCUT2D eigenvalue weighted by molar-refractivity contribution is 6.16. The number of nitrogens with zero attached hydrogens (tertiary/aromatic N) is 4. The van der Waals surface area contributed by atoms with Gasteiger partial charge in [0.25, 0.3) is 0 Å². The summed E-state index contributed by atoms with van der Waals surface area (Å²) in [5, 5.41) is 7.92. The third kappa shape index (κ3) is 2.47. The fraction of sp³-hybridized carbons (Fsp3) is 0.800. The molecule has 1 aliphatic heterocycles. The van der Waals surface area contributed by atoms with E-state index in [0.29, 0.717) is 17.9 Å². The lowest BCUT2D eigenvalue weighted by molar-refractivity contribution is 0.335. The molecule has 2 rings (SSSR count). The molecule has 0 aromatic carbocycles. The molecule has 0 bridgehead atoms. The van der Waals surface area contributed by atoms with Gasteiger partial charge in [0.05, 0.1) is 0 Å². The van der Waals surface area contributed by atoms with Crippen molar-refractivity contribution >= 4 is 17.6 Å². The largest absolute Gasteiger partial charge is 0.407 e. The Balaban J connectivity index is 2.12. The quantitative estimate of drug-likeness (QED) is 0.735. The van der Waals surface area contributed by atoms with Crippen molar-refractivity contribution in [3.05, 3.63) is 5.89 Å². The van der Waals surface area contributed by atoms with Gasteiger partial charge < -0.3 is 14.2 Å². The van der Waals surface area contributed by atoms with Crippen molar-refractivity contribution in [1.82, 2.24) is 15.1 Å². The summed E-state index contributed by atoms with van der Waals surface area (Å²) in [6.45, 7) is 5.25. The third-order valence-electron chi connectivity index (χ3n) is 2.86. The molecule has 0 amide bonds. The fourth-order valence-corrected chi connectivity index (χ4v) is 2.18. The first-order chi connectivity index (χ1) is 7.70. The van der Waals surface area contributed by atoms with Crippen LogP contribution in [0.15, 0.2) is 4.42 Å². The van der Waals surface area contributed by atoms with Crippen LogP contribution in [0.5, 0.6) is 0 Å². The molecule has 0 saturated carbocycles. The number of anilines is 1. The minimum absolute atomic E-state index is 0.273. The molecule has 0 radical (unpaired) electrons. The summed E-state index contributed by atoms with van der Waals surface area (Å²) in [6.07, 6.45) is 1.11. The minimum atomic E-state index is 0.273. The van der Waals surface area contributed by atoms with Crippen molar-refractivity contribution in [1.29, 1.82) is 0 Å². The van der Waals surface area contributed by atoms with Crippen LogP contribution in [0.3, 0.4) is 0 Å². The number of likely N-dealkylation sites (N-methyl/N-ethyl adjacent to an activating group) is 1. The Bertz CT molecular complexity index is 343. The normalized spacial score (nSPS) is 23.4. The van der Waals surface area contributed by atoms with Crippen LogP contribution in [0.2, 0.25) is 0 Å². The van der Waals surface area contributed by atoms with E-state index < -0.39 is 0 Å². The molecule has 1 aliphatic rings. The van der Waals surface area contributed by atoms with E-state index in [2.05, 4.69) is 34.0 Å². The van der Waals surface area contributed by atoms with Crippen molar-refractivity contribution in [3.8, 4) is 0 Å². The van der Waals surface area contributed by atoms with Gasteiger partial charge in [0.2, 0.25) is 5.89 Å². The first kappa shape index (κ1) is 11.7. The third-order valence-corrected chi connectivity index (χ3v) is 3.09. The predicted octanol–water partition coefficient (Wildman–Crippen LogP) is 1.34. The molecular weight excluding hydrogens is 228 g/mol. The zero-order chi connectivity index (χ0) is 11.5. The van der Waals surface area contributed by atoms with E-state index in [0.717, 1.165) is 26.1 Å². The predicted molar refractivity (Wildman–Crippen MR) is 62.8 cm³/mol. The van der Waals surface area contributed by atoms with Crippen LogP contribution in [0.25, 0.3) is 0 Å². The molecule has 16 heavy (non-hydrogen) atoms. The Hall–Kier alpha value is -0.810. The van der Waals surface area contributed by atoms with Gasteiger partial charge >= 0.3 is 6.01 Å². The second-order valence-corrected chi connectivity index (χ2v) is 4.54. The van der Waals surface area contributed by atoms with Crippen LogP contribution >= 0.6 is 11.6 Å². The monoisotopic (exact) mass is 244 g/mol. The van der Waals surface area contributed by atoms with Crippen molar-refractivity contribution in [2.24, 2.45) is 0 Å². The van der Waals surface area contributed by atoms with Crippen LogP contribution in [-0.4, -0.2) is 47.8 Å². The summed E-state index contributed by atoms with van der Waals surface area (Å²) in [5.41, 5.74) is 0. The summed E-state index contributed by atoms with van der Waals surface area (Å²) in [6, 6.07) is 0.981. The van der Waals surface area contributed by atoms with Crippen molar-refractivity contribution < 1.29 is 4.42 Å². The van der Waals surface area contributed by atoms with E-state index in [1.165, 1.54) is 0 Å². The molecule has 2 heterocycles. The summed E-state index contributed by atoms with van der Waals surface area (Å²) in [7, 11) is 2.14. The Morgan fingerprint density at radius 3 is 2.94 bits per heavy atom. The number of hydrogen-bond acceptors (Lipinski definition) is 5. The van der Waals surface area contributed by atoms with Gasteiger partial charge in [-0.1, -0.05) is 5.10 Å². The van der Waals surface area contributed by atoms with Crippen molar-refractivity contribution in [2.45, 2.75) is 25.3 Å². The van der Waals surface area contributed by atoms with Crippen LogP contribution in [-0.2, 0) is 5.88 Å². The standard InChI is InChI=1S/C10H17ClN4O/c1-8-7-14(2)4-3-5-15(8)10-13-12-9(6-11)16-10/h8H,3-7H2,1-2H3. The Kier molecular flexibility index (Phi) is 3.66. The molecule has 90 valence electrons. The van der Waals surface area contributed by atoms with E-state index >= 15 is 0 Å². The van der Waals surface area contributed by atoms with Gasteiger partial charge in [0.15, 0.2) is 0 Å². The lowest BCUT2D eigenvalue weighted by Gasteiger charge is -2.25. The zero-order valence-electron chi connectivity index (χ0n) is 9.69. The molecule has 1 saturated heterocycles. The number of aromatic nitrogens is 2. The topological polar surface area (TPSA) is 45.4 Å². The highest BCUT2D eigenvalue weighted by Crippen LogP contribution is 2.19. The van der Waals surface area contributed by atoms with Crippen LogP contribution in [0, 0.1) is 0 Å². The molecule has 6 heteroatoms. The highest BCUT2D eigenvalue weighted by atomic mass is 35.5. The second kappa shape index (κ2) is 5.01. The van der Waals surface area contributed by atoms with Crippen molar-refractivity contribution in [2.75, 3.05) is 31.6 Å². The number of halogens is 1. The van der Waals surface area contributed by atoms with Gasteiger partial charge in [0, 0.05) is 19.1 Å². The lowest BCUT2D eigenvalue weighted by Crippen LogP contribution is -2.38. The Morgan fingerprint density at radius 2 is 2.25 bits per heavy atom. The molecule has 5 nitrogen and oxygen atoms in total. The van der Waals surface area contributed by atoms with Gasteiger partial charge in [-0.05, 0) is 26.9 Å². The molecular formula is C10H17ClN4O. The maximum atomic E-state index is 5.65. The summed E-state index contributed by atoms with van der Waals surface area (Å²) < 4.78 is 5.49. The fourth-order valence-electron chi connectivity index (χ4n) is 2.07. The first-order valence-corrected chi connectivity index (χ1v) is 6.07. The molecule has 0 aliphatic carbocycles. The summed E-state index contributed by atoms with van der Waals surface area (Å²) in [4.78, 5) is 4.48. The molecule has 1 aromatic rings. The lowest BCUT2D eigenvalue weighted by atomic mass is 10.3. The Labute approximate surface area is 100 Å². The Morgan fingerprint density at radius 1 is 1.44 bits per heavy atom. The zero-order valence-corrected chi connectivity index (χ0v) is 10.4. The van der Waals surface area contributed by atoms with Gasteiger partial charge in [-0.2, -0.15) is 0 Å². The number of alkyl halides is 1. The molecule has 0 spiro atoms. The average Bonchev–Trinajstić information content (AvgIpc) is 2.65. The molecule has 1 fully saturated rings. The smallest absolute Gasteiger partial charge is 0.318 e. The molecule has 1 unspecified atom stereocenters. The first-order valence-electron chi connectivity index (χ1n) is 5.54. The molecule has 0 N–H and O–H groups in total. The van der Waals surface area contributed by atoms with Crippen LogP contribution in [0.4, 0.5) is 6.01 Å². The van der Waals surface area contributed by atoms with Gasteiger partial charge in [-0.3, -0.25) is 0 Å². The van der Waals surface area contributed by atoms with Crippen LogP contribution < -0.4 is 4.90 Å². The van der Waals surface area contributed by atoms with E-state index in [1.54, 1.807) is 0 Å². The molecule has 1 atom stereocenters. The van der Waals surface area contributed by atoms with Gasteiger partial charge in [0.1, 0.15) is 5.88 Å². The van der Waals surface area contributed by atoms with E-state index in [9.17, 15) is 0 Å². The minimum Gasteiger partial charge on any atom is -0.407 e. The van der Waals surface area contributed by atoms with Crippen molar-refractivity contribution in [3.63, 3.8) is 0 Å². The second-order valence-electron chi connectivity index (χ2n) is 4.27. The van der Waals surface area contributed by atoms with E-state index in [4.69, 9.17) is 16.0 Å². The maximum absolute atomic E-state index is 5.65. The van der Waals surface area contributed by atoms with E-state index in [-0.39, 0.29) is 5.88 Å². The van der Waals surface area contributed by atoms with Gasteiger partial charge in [-0.25, -0.2) is 0 Å². The molecule has 1 aromatic heterocycles. The maximum Gasteiger partial charge on any atom is 0.318 e. The SMILES string of the molecule is CC1CN(C)CCCN1c1nnc(CCl)o1. The average molecular weight is 245 g/mol.